The lowest BCUT2D eigenvalue weighted by Crippen LogP contribution is -2.49. The van der Waals surface area contributed by atoms with Crippen LogP contribution >= 0.6 is 23.1 Å². The van der Waals surface area contributed by atoms with E-state index in [4.69, 9.17) is 5.26 Å². The molecule has 1 atom stereocenters. The second kappa shape index (κ2) is 11.1. The SMILES string of the molecule is N#CCCNC(=O)C(Cc1csc2ccccc12)NC(=O)Nc1ccc(SC(F)(F)F)cc1. The Bertz CT molecular complexity index is 1160. The molecule has 0 aliphatic rings. The Morgan fingerprint density at radius 3 is 2.55 bits per heavy atom. The first-order chi connectivity index (χ1) is 15.7. The highest BCUT2D eigenvalue weighted by atomic mass is 32.2. The van der Waals surface area contributed by atoms with E-state index in [1.54, 1.807) is 0 Å². The Hall–Kier alpha value is -3.23. The van der Waals surface area contributed by atoms with Gasteiger partial charge < -0.3 is 16.0 Å². The molecular weight excluding hydrogens is 473 g/mol. The average Bonchev–Trinajstić information content (AvgIpc) is 3.17. The zero-order chi connectivity index (χ0) is 23.8. The summed E-state index contributed by atoms with van der Waals surface area (Å²) in [5.74, 6) is -0.437. The van der Waals surface area contributed by atoms with Gasteiger partial charge in [0.2, 0.25) is 5.91 Å². The van der Waals surface area contributed by atoms with Crippen molar-refractivity contribution >= 4 is 50.8 Å². The summed E-state index contributed by atoms with van der Waals surface area (Å²) in [5.41, 5.74) is -3.22. The van der Waals surface area contributed by atoms with E-state index in [-0.39, 0.29) is 41.7 Å². The zero-order valence-electron chi connectivity index (χ0n) is 17.1. The number of nitriles is 1. The minimum Gasteiger partial charge on any atom is -0.353 e. The number of carbonyl (C=O) groups excluding carboxylic acids is 2. The average molecular weight is 493 g/mol. The van der Waals surface area contributed by atoms with Gasteiger partial charge >= 0.3 is 11.5 Å². The Labute approximate surface area is 196 Å². The third-order valence-corrected chi connectivity index (χ3v) is 6.24. The number of hydrogen-bond donors (Lipinski definition) is 3. The van der Waals surface area contributed by atoms with E-state index in [1.807, 2.05) is 35.7 Å². The number of thioether (sulfide) groups is 1. The predicted octanol–water partition coefficient (Wildman–Crippen LogP) is 5.28. The van der Waals surface area contributed by atoms with Gasteiger partial charge in [0.25, 0.3) is 0 Å². The first kappa shape index (κ1) is 24.4. The summed E-state index contributed by atoms with van der Waals surface area (Å²) in [6.07, 6.45) is 0.366. The van der Waals surface area contributed by atoms with Gasteiger partial charge in [-0.15, -0.1) is 11.3 Å². The maximum Gasteiger partial charge on any atom is 0.446 e. The summed E-state index contributed by atoms with van der Waals surface area (Å²) in [6.45, 7) is 0.151. The number of hydrogen-bond acceptors (Lipinski definition) is 5. The van der Waals surface area contributed by atoms with Crippen LogP contribution in [-0.4, -0.2) is 30.0 Å². The van der Waals surface area contributed by atoms with Crippen LogP contribution in [0.2, 0.25) is 0 Å². The number of halogens is 3. The van der Waals surface area contributed by atoms with Crippen molar-refractivity contribution in [3.8, 4) is 6.07 Å². The second-order valence-electron chi connectivity index (χ2n) is 6.88. The van der Waals surface area contributed by atoms with Crippen LogP contribution in [0.25, 0.3) is 10.1 Å². The molecule has 3 amide bonds. The van der Waals surface area contributed by atoms with Gasteiger partial charge in [0.05, 0.1) is 12.5 Å². The van der Waals surface area contributed by atoms with E-state index in [2.05, 4.69) is 16.0 Å². The van der Waals surface area contributed by atoms with Gasteiger partial charge in [-0.2, -0.15) is 18.4 Å². The van der Waals surface area contributed by atoms with Gasteiger partial charge in [0.1, 0.15) is 6.04 Å². The summed E-state index contributed by atoms with van der Waals surface area (Å²) in [7, 11) is 0. The Balaban J connectivity index is 1.69. The van der Waals surface area contributed by atoms with Crippen molar-refractivity contribution in [2.24, 2.45) is 0 Å². The number of fused-ring (bicyclic) bond motifs is 1. The molecule has 0 fully saturated rings. The standard InChI is InChI=1S/C22H19F3N4O2S2/c23-22(24,25)33-16-8-6-15(7-9-16)28-21(31)29-18(20(30)27-11-3-10-26)12-14-13-32-19-5-2-1-4-17(14)19/h1-2,4-9,13,18H,3,11-12H2,(H,27,30)(H2,28,29,31). The molecule has 0 radical (unpaired) electrons. The fourth-order valence-electron chi connectivity index (χ4n) is 3.05. The van der Waals surface area contributed by atoms with Crippen LogP contribution in [0.15, 0.2) is 58.8 Å². The molecule has 1 aromatic heterocycles. The highest BCUT2D eigenvalue weighted by molar-refractivity contribution is 8.00. The van der Waals surface area contributed by atoms with Crippen molar-refractivity contribution in [3.63, 3.8) is 0 Å². The number of benzene rings is 2. The van der Waals surface area contributed by atoms with Crippen LogP contribution in [0.3, 0.4) is 0 Å². The van der Waals surface area contributed by atoms with E-state index in [1.165, 1.54) is 35.6 Å². The number of anilines is 1. The van der Waals surface area contributed by atoms with Gasteiger partial charge in [-0.05, 0) is 58.4 Å². The number of amides is 3. The molecule has 3 aromatic rings. The van der Waals surface area contributed by atoms with E-state index in [0.717, 1.165) is 15.6 Å². The van der Waals surface area contributed by atoms with Gasteiger partial charge in [0, 0.05) is 28.2 Å². The van der Waals surface area contributed by atoms with Crippen molar-refractivity contribution in [2.45, 2.75) is 29.3 Å². The lowest BCUT2D eigenvalue weighted by Gasteiger charge is -2.19. The number of thiophene rings is 1. The maximum absolute atomic E-state index is 12.7. The first-order valence-electron chi connectivity index (χ1n) is 9.78. The molecule has 0 saturated carbocycles. The summed E-state index contributed by atoms with van der Waals surface area (Å²) in [5, 5.41) is 19.4. The Morgan fingerprint density at radius 2 is 1.85 bits per heavy atom. The van der Waals surface area contributed by atoms with Crippen molar-refractivity contribution in [3.05, 3.63) is 59.5 Å². The van der Waals surface area contributed by atoms with Crippen molar-refractivity contribution in [1.82, 2.24) is 10.6 Å². The van der Waals surface area contributed by atoms with Crippen molar-refractivity contribution < 1.29 is 22.8 Å². The van der Waals surface area contributed by atoms with Crippen LogP contribution in [0.5, 0.6) is 0 Å². The summed E-state index contributed by atoms with van der Waals surface area (Å²) >= 11 is 1.28. The Kier molecular flexibility index (Phi) is 8.19. The van der Waals surface area contributed by atoms with Gasteiger partial charge in [-0.3, -0.25) is 4.79 Å². The maximum atomic E-state index is 12.7. The largest absolute Gasteiger partial charge is 0.446 e. The van der Waals surface area contributed by atoms with E-state index < -0.39 is 23.5 Å². The van der Waals surface area contributed by atoms with Crippen LogP contribution < -0.4 is 16.0 Å². The van der Waals surface area contributed by atoms with Crippen LogP contribution in [0.4, 0.5) is 23.7 Å². The van der Waals surface area contributed by atoms with Gasteiger partial charge in [-0.25, -0.2) is 4.79 Å². The molecule has 0 aliphatic carbocycles. The molecule has 0 aliphatic heterocycles. The smallest absolute Gasteiger partial charge is 0.353 e. The zero-order valence-corrected chi connectivity index (χ0v) is 18.7. The van der Waals surface area contributed by atoms with E-state index >= 15 is 0 Å². The molecule has 6 nitrogen and oxygen atoms in total. The van der Waals surface area contributed by atoms with Gasteiger partial charge in [0.15, 0.2) is 0 Å². The second-order valence-corrected chi connectivity index (χ2v) is 8.93. The molecule has 2 aromatic carbocycles. The highest BCUT2D eigenvalue weighted by Crippen LogP contribution is 2.37. The van der Waals surface area contributed by atoms with Crippen LogP contribution in [-0.2, 0) is 11.2 Å². The fourth-order valence-corrected chi connectivity index (χ4v) is 4.57. The summed E-state index contributed by atoms with van der Waals surface area (Å²) in [6, 6.07) is 13.2. The number of rotatable bonds is 8. The highest BCUT2D eigenvalue weighted by Gasteiger charge is 2.29. The quantitative estimate of drug-likeness (QED) is 0.295. The monoisotopic (exact) mass is 492 g/mol. The molecular formula is C22H19F3N4O2S2. The predicted molar refractivity (Wildman–Crippen MR) is 123 cm³/mol. The molecule has 3 N–H and O–H groups in total. The molecule has 172 valence electrons. The molecule has 0 bridgehead atoms. The molecule has 1 unspecified atom stereocenters. The van der Waals surface area contributed by atoms with Crippen LogP contribution in [0.1, 0.15) is 12.0 Å². The fraction of sp³-hybridized carbons (Fsp3) is 0.227. The van der Waals surface area contributed by atoms with E-state index in [9.17, 15) is 22.8 Å². The Morgan fingerprint density at radius 1 is 1.12 bits per heavy atom. The topological polar surface area (TPSA) is 94.0 Å². The molecule has 1 heterocycles. The summed E-state index contributed by atoms with van der Waals surface area (Å²) < 4.78 is 38.4. The molecule has 3 rings (SSSR count). The lowest BCUT2D eigenvalue weighted by atomic mass is 10.0. The van der Waals surface area contributed by atoms with Crippen LogP contribution in [0, 0.1) is 11.3 Å². The number of alkyl halides is 3. The molecule has 33 heavy (non-hydrogen) atoms. The minimum atomic E-state index is -4.40. The molecule has 0 spiro atoms. The lowest BCUT2D eigenvalue weighted by molar-refractivity contribution is -0.122. The third-order valence-electron chi connectivity index (χ3n) is 4.49. The third kappa shape index (κ3) is 7.40. The molecule has 0 saturated heterocycles. The number of carbonyl (C=O) groups is 2. The number of nitrogens with one attached hydrogen (secondary N) is 3. The normalized spacial score (nSPS) is 12.1. The minimum absolute atomic E-state index is 0.00691. The number of nitrogens with zero attached hydrogens (tertiary/aromatic N) is 1. The van der Waals surface area contributed by atoms with Gasteiger partial charge in [-0.1, -0.05) is 18.2 Å². The van der Waals surface area contributed by atoms with Crippen molar-refractivity contribution in [1.29, 1.82) is 5.26 Å². The molecule has 11 heteroatoms. The first-order valence-corrected chi connectivity index (χ1v) is 11.5. The summed E-state index contributed by atoms with van der Waals surface area (Å²) in [4.78, 5) is 25.2. The van der Waals surface area contributed by atoms with E-state index in [0.29, 0.717) is 0 Å². The van der Waals surface area contributed by atoms with Crippen molar-refractivity contribution in [2.75, 3.05) is 11.9 Å². The number of urea groups is 1.